The van der Waals surface area contributed by atoms with Crippen LogP contribution < -0.4 is 5.56 Å². The maximum Gasteiger partial charge on any atom is 0.265 e. The van der Waals surface area contributed by atoms with E-state index < -0.39 is 0 Å². The van der Waals surface area contributed by atoms with Crippen molar-refractivity contribution < 1.29 is 0 Å². The molecule has 0 saturated carbocycles. The van der Waals surface area contributed by atoms with E-state index in [1.807, 2.05) is 73.0 Å². The molecule has 0 amide bonds. The molecule has 6 rings (SSSR count). The predicted octanol–water partition coefficient (Wildman–Crippen LogP) is 5.82. The van der Waals surface area contributed by atoms with Crippen LogP contribution in [0.5, 0.6) is 0 Å². The quantitative estimate of drug-likeness (QED) is 0.335. The van der Waals surface area contributed by atoms with Crippen molar-refractivity contribution in [2.45, 2.75) is 33.7 Å². The summed E-state index contributed by atoms with van der Waals surface area (Å²) in [7, 11) is 0. The number of hydrogen-bond donors (Lipinski definition) is 0. The van der Waals surface area contributed by atoms with Gasteiger partial charge in [0.25, 0.3) is 5.56 Å². The van der Waals surface area contributed by atoms with E-state index in [-0.39, 0.29) is 11.6 Å². The molecule has 3 aromatic carbocycles. The lowest BCUT2D eigenvalue weighted by molar-refractivity contribution is 0.587. The van der Waals surface area contributed by atoms with Crippen LogP contribution in [0, 0.1) is 20.8 Å². The summed E-state index contributed by atoms with van der Waals surface area (Å²) in [4.78, 5) is 29.0. The van der Waals surface area contributed by atoms with Gasteiger partial charge in [0.1, 0.15) is 16.7 Å². The molecule has 0 unspecified atom stereocenters. The number of nitrogens with zero attached hydrogens (tertiary/aromatic N) is 5. The summed E-state index contributed by atoms with van der Waals surface area (Å²) in [6, 6.07) is 23.9. The van der Waals surface area contributed by atoms with Gasteiger partial charge in [0.15, 0.2) is 11.3 Å². The Labute approximate surface area is 202 Å². The van der Waals surface area contributed by atoms with Gasteiger partial charge in [0.2, 0.25) is 0 Å². The molecule has 1 atom stereocenters. The van der Waals surface area contributed by atoms with Crippen molar-refractivity contribution in [3.8, 4) is 5.69 Å². The molecule has 6 nitrogen and oxygen atoms in total. The minimum atomic E-state index is -0.173. The third kappa shape index (κ3) is 3.33. The first kappa shape index (κ1) is 21.2. The summed E-state index contributed by atoms with van der Waals surface area (Å²) in [6.45, 7) is 8.06. The first-order valence-corrected chi connectivity index (χ1v) is 11.8. The van der Waals surface area contributed by atoms with Crippen molar-refractivity contribution in [3.05, 3.63) is 106 Å². The summed E-state index contributed by atoms with van der Waals surface area (Å²) in [6.07, 6.45) is 0. The van der Waals surface area contributed by atoms with E-state index >= 15 is 0 Å². The highest BCUT2D eigenvalue weighted by atomic mass is 16.1. The predicted molar refractivity (Wildman–Crippen MR) is 140 cm³/mol. The zero-order valence-corrected chi connectivity index (χ0v) is 20.1. The molecule has 3 heterocycles. The summed E-state index contributed by atoms with van der Waals surface area (Å²) < 4.78 is 3.75. The topological polar surface area (TPSA) is 65.6 Å². The van der Waals surface area contributed by atoms with Crippen molar-refractivity contribution in [2.75, 3.05) is 0 Å². The lowest BCUT2D eigenvalue weighted by Crippen LogP contribution is -2.27. The molecule has 0 N–H and O–H groups in total. The Morgan fingerprint density at radius 1 is 0.743 bits per heavy atom. The van der Waals surface area contributed by atoms with Crippen LogP contribution in [0.3, 0.4) is 0 Å². The van der Waals surface area contributed by atoms with Gasteiger partial charge >= 0.3 is 0 Å². The minimum absolute atomic E-state index is 0.110. The summed E-state index contributed by atoms with van der Waals surface area (Å²) in [5, 5.41) is 0.491. The molecule has 0 aliphatic rings. The summed E-state index contributed by atoms with van der Waals surface area (Å²) in [5.74, 6) is 0.650. The fourth-order valence-corrected chi connectivity index (χ4v) is 5.07. The molecule has 0 fully saturated rings. The van der Waals surface area contributed by atoms with Crippen molar-refractivity contribution >= 4 is 33.2 Å². The highest BCUT2D eigenvalue weighted by Crippen LogP contribution is 2.30. The van der Waals surface area contributed by atoms with E-state index in [1.54, 1.807) is 4.57 Å². The summed E-state index contributed by atoms with van der Waals surface area (Å²) in [5.41, 5.74) is 7.45. The monoisotopic (exact) mass is 459 g/mol. The highest BCUT2D eigenvalue weighted by Gasteiger charge is 2.24. The van der Waals surface area contributed by atoms with Crippen molar-refractivity contribution in [1.29, 1.82) is 0 Å². The average molecular weight is 460 g/mol. The van der Waals surface area contributed by atoms with Crippen LogP contribution in [-0.2, 0) is 0 Å². The third-order valence-corrected chi connectivity index (χ3v) is 6.62. The maximum atomic E-state index is 14.1. The zero-order valence-electron chi connectivity index (χ0n) is 20.1. The normalized spacial score (nSPS) is 12.6. The fourth-order valence-electron chi connectivity index (χ4n) is 5.07. The van der Waals surface area contributed by atoms with Crippen LogP contribution in [0.15, 0.2) is 77.6 Å². The number of benzene rings is 3. The molecule has 0 bridgehead atoms. The fraction of sp³-hybridized carbons (Fsp3) is 0.172. The third-order valence-electron chi connectivity index (χ3n) is 6.62. The van der Waals surface area contributed by atoms with E-state index in [9.17, 15) is 4.79 Å². The van der Waals surface area contributed by atoms with Gasteiger partial charge in [-0.05, 0) is 68.7 Å². The van der Waals surface area contributed by atoms with Gasteiger partial charge in [-0.1, -0.05) is 48.5 Å². The van der Waals surface area contributed by atoms with Crippen molar-refractivity contribution in [2.24, 2.45) is 0 Å². The van der Waals surface area contributed by atoms with Crippen LogP contribution in [0.2, 0.25) is 0 Å². The van der Waals surface area contributed by atoms with Crippen molar-refractivity contribution in [1.82, 2.24) is 24.1 Å². The second-order valence-corrected chi connectivity index (χ2v) is 9.19. The van der Waals surface area contributed by atoms with E-state index in [1.165, 1.54) is 0 Å². The molecule has 0 saturated heterocycles. The molecular weight excluding hydrogens is 434 g/mol. The maximum absolute atomic E-state index is 14.1. The lowest BCUT2D eigenvalue weighted by atomic mass is 10.1. The second kappa shape index (κ2) is 7.87. The van der Waals surface area contributed by atoms with E-state index in [4.69, 9.17) is 15.0 Å². The van der Waals surface area contributed by atoms with Crippen LogP contribution in [0.4, 0.5) is 0 Å². The highest BCUT2D eigenvalue weighted by molar-refractivity contribution is 6.05. The standard InChI is InChI=1S/C29H25N5O/c1-17-14-18(2)16-22(15-17)34-27-25(26-28(34)32-24-13-9-8-12-23(24)31-26)29(35)33(20(4)30-27)19(3)21-10-6-5-7-11-21/h5-16,19H,1-4H3/t19-/m1/s1. The number of aromatic nitrogens is 5. The van der Waals surface area contributed by atoms with Gasteiger partial charge in [-0.3, -0.25) is 13.9 Å². The minimum Gasteiger partial charge on any atom is -0.289 e. The Kier molecular flexibility index (Phi) is 4.78. The Morgan fingerprint density at radius 3 is 2.06 bits per heavy atom. The van der Waals surface area contributed by atoms with Gasteiger partial charge in [-0.2, -0.15) is 0 Å². The van der Waals surface area contributed by atoms with Gasteiger partial charge in [-0.15, -0.1) is 0 Å². The molecule has 0 aliphatic carbocycles. The molecule has 6 aromatic rings. The molecule has 3 aromatic heterocycles. The Bertz CT molecular complexity index is 1790. The lowest BCUT2D eigenvalue weighted by Gasteiger charge is -2.18. The summed E-state index contributed by atoms with van der Waals surface area (Å²) >= 11 is 0. The number of hydrogen-bond acceptors (Lipinski definition) is 4. The number of para-hydroxylation sites is 2. The molecular formula is C29H25N5O. The van der Waals surface area contributed by atoms with Crippen LogP contribution in [0.25, 0.3) is 38.9 Å². The van der Waals surface area contributed by atoms with E-state index in [2.05, 4.69) is 32.0 Å². The van der Waals surface area contributed by atoms with Crippen LogP contribution >= 0.6 is 0 Å². The molecule has 0 radical (unpaired) electrons. The largest absolute Gasteiger partial charge is 0.289 e. The Morgan fingerprint density at radius 2 is 1.37 bits per heavy atom. The first-order chi connectivity index (χ1) is 16.9. The molecule has 0 aliphatic heterocycles. The van der Waals surface area contributed by atoms with Crippen molar-refractivity contribution in [3.63, 3.8) is 0 Å². The van der Waals surface area contributed by atoms with Gasteiger partial charge in [0.05, 0.1) is 17.1 Å². The molecule has 0 spiro atoms. The molecule has 35 heavy (non-hydrogen) atoms. The van der Waals surface area contributed by atoms with Gasteiger partial charge in [0, 0.05) is 5.69 Å². The first-order valence-electron chi connectivity index (χ1n) is 11.8. The molecule has 6 heteroatoms. The van der Waals surface area contributed by atoms with Crippen LogP contribution in [-0.4, -0.2) is 24.1 Å². The number of fused-ring (bicyclic) bond motifs is 4. The zero-order chi connectivity index (χ0) is 24.3. The van der Waals surface area contributed by atoms with Crippen LogP contribution in [0.1, 0.15) is 35.5 Å². The molecule has 172 valence electrons. The van der Waals surface area contributed by atoms with Gasteiger partial charge < -0.3 is 0 Å². The Hall–Kier alpha value is -4.32. The average Bonchev–Trinajstić information content (AvgIpc) is 3.15. The smallest absolute Gasteiger partial charge is 0.265 e. The van der Waals surface area contributed by atoms with E-state index in [0.29, 0.717) is 28.0 Å². The van der Waals surface area contributed by atoms with Gasteiger partial charge in [-0.25, -0.2) is 15.0 Å². The SMILES string of the molecule is Cc1cc(C)cc(-n2c3nc4ccccc4nc3c3c(=O)n([C@H](C)c4ccccc4)c(C)nc32)c1. The van der Waals surface area contributed by atoms with E-state index in [0.717, 1.165) is 33.4 Å². The number of aryl methyl sites for hydroxylation is 3. The second-order valence-electron chi connectivity index (χ2n) is 9.19. The number of rotatable bonds is 3. The Balaban J connectivity index is 1.77.